The van der Waals surface area contributed by atoms with Gasteiger partial charge in [-0.3, -0.25) is 4.79 Å². The van der Waals surface area contributed by atoms with Crippen molar-refractivity contribution in [2.75, 3.05) is 13.6 Å². The van der Waals surface area contributed by atoms with E-state index in [2.05, 4.69) is 9.97 Å². The SMILES string of the molecule is CN1CC(c2cnc[nH]2)C(C(O)c2ccccc2)C1=O. The Morgan fingerprint density at radius 1 is 1.40 bits per heavy atom. The number of likely N-dealkylation sites (N-methyl/N-ethyl adjacent to an activating group) is 1. The van der Waals surface area contributed by atoms with E-state index in [9.17, 15) is 9.90 Å². The molecule has 1 aromatic heterocycles. The highest BCUT2D eigenvalue weighted by molar-refractivity contribution is 5.83. The van der Waals surface area contributed by atoms with Gasteiger partial charge in [0.05, 0.1) is 18.3 Å². The van der Waals surface area contributed by atoms with Gasteiger partial charge in [0.15, 0.2) is 0 Å². The molecule has 1 fully saturated rings. The van der Waals surface area contributed by atoms with Crippen LogP contribution in [0.25, 0.3) is 0 Å². The monoisotopic (exact) mass is 271 g/mol. The molecule has 0 aliphatic carbocycles. The first kappa shape index (κ1) is 12.9. The average Bonchev–Trinajstić information content (AvgIpc) is 3.09. The first-order chi connectivity index (χ1) is 9.68. The molecule has 2 heterocycles. The molecule has 0 spiro atoms. The quantitative estimate of drug-likeness (QED) is 0.884. The summed E-state index contributed by atoms with van der Waals surface area (Å²) in [6, 6.07) is 9.32. The van der Waals surface area contributed by atoms with Crippen molar-refractivity contribution in [3.8, 4) is 0 Å². The summed E-state index contributed by atoms with van der Waals surface area (Å²) in [5.41, 5.74) is 1.66. The predicted molar refractivity (Wildman–Crippen MR) is 73.9 cm³/mol. The zero-order valence-electron chi connectivity index (χ0n) is 11.2. The molecule has 3 rings (SSSR count). The lowest BCUT2D eigenvalue weighted by Gasteiger charge is -2.21. The summed E-state index contributed by atoms with van der Waals surface area (Å²) < 4.78 is 0. The van der Waals surface area contributed by atoms with Crippen LogP contribution in [0.2, 0.25) is 0 Å². The highest BCUT2D eigenvalue weighted by Crippen LogP contribution is 2.39. The fraction of sp³-hybridized carbons (Fsp3) is 0.333. The van der Waals surface area contributed by atoms with E-state index in [4.69, 9.17) is 0 Å². The van der Waals surface area contributed by atoms with Crippen LogP contribution < -0.4 is 0 Å². The maximum absolute atomic E-state index is 12.4. The Hall–Kier alpha value is -2.14. The van der Waals surface area contributed by atoms with Crippen LogP contribution in [0.4, 0.5) is 0 Å². The number of hydrogen-bond donors (Lipinski definition) is 2. The van der Waals surface area contributed by atoms with E-state index in [0.29, 0.717) is 6.54 Å². The molecule has 2 N–H and O–H groups in total. The first-order valence-corrected chi connectivity index (χ1v) is 6.64. The third kappa shape index (κ3) is 2.10. The summed E-state index contributed by atoms with van der Waals surface area (Å²) in [5, 5.41) is 10.6. The van der Waals surface area contributed by atoms with Gasteiger partial charge in [-0.1, -0.05) is 30.3 Å². The minimum atomic E-state index is -0.804. The molecule has 2 aromatic rings. The predicted octanol–water partition coefficient (Wildman–Crippen LogP) is 1.32. The highest BCUT2D eigenvalue weighted by atomic mass is 16.3. The van der Waals surface area contributed by atoms with Crippen LogP contribution in [0.3, 0.4) is 0 Å². The van der Waals surface area contributed by atoms with Gasteiger partial charge < -0.3 is 15.0 Å². The van der Waals surface area contributed by atoms with Crippen molar-refractivity contribution < 1.29 is 9.90 Å². The van der Waals surface area contributed by atoms with E-state index in [1.54, 1.807) is 24.5 Å². The topological polar surface area (TPSA) is 69.2 Å². The Morgan fingerprint density at radius 3 is 2.80 bits per heavy atom. The largest absolute Gasteiger partial charge is 0.388 e. The molecular formula is C15H17N3O2. The van der Waals surface area contributed by atoms with Gasteiger partial charge in [0.1, 0.15) is 0 Å². The summed E-state index contributed by atoms with van der Waals surface area (Å²) in [6.07, 6.45) is 2.52. The standard InChI is InChI=1S/C15H17N3O2/c1-18-8-11(12-7-16-9-17-12)13(15(18)20)14(19)10-5-3-2-4-6-10/h2-7,9,11,13-14,19H,8H2,1H3,(H,16,17). The number of H-pyrrole nitrogens is 1. The normalized spacial score (nSPS) is 24.1. The number of hydrogen-bond acceptors (Lipinski definition) is 3. The van der Waals surface area contributed by atoms with Gasteiger partial charge in [0.2, 0.25) is 5.91 Å². The minimum Gasteiger partial charge on any atom is -0.388 e. The smallest absolute Gasteiger partial charge is 0.229 e. The maximum Gasteiger partial charge on any atom is 0.229 e. The molecule has 1 amide bonds. The number of aliphatic hydroxyl groups excluding tert-OH is 1. The maximum atomic E-state index is 12.4. The van der Waals surface area contributed by atoms with E-state index in [1.165, 1.54) is 0 Å². The van der Waals surface area contributed by atoms with E-state index in [0.717, 1.165) is 11.3 Å². The Morgan fingerprint density at radius 2 is 2.15 bits per heavy atom. The molecule has 0 bridgehead atoms. The molecule has 0 saturated carbocycles. The van der Waals surface area contributed by atoms with E-state index in [1.807, 2.05) is 30.3 Å². The van der Waals surface area contributed by atoms with Crippen LogP contribution in [-0.2, 0) is 4.79 Å². The molecule has 104 valence electrons. The second-order valence-electron chi connectivity index (χ2n) is 5.21. The van der Waals surface area contributed by atoms with Crippen LogP contribution in [0.1, 0.15) is 23.3 Å². The van der Waals surface area contributed by atoms with Crippen molar-refractivity contribution >= 4 is 5.91 Å². The average molecular weight is 271 g/mol. The molecule has 0 radical (unpaired) electrons. The van der Waals surface area contributed by atoms with Crippen LogP contribution in [0.5, 0.6) is 0 Å². The lowest BCUT2D eigenvalue weighted by atomic mass is 9.85. The van der Waals surface area contributed by atoms with Crippen LogP contribution in [-0.4, -0.2) is 39.5 Å². The molecule has 5 nitrogen and oxygen atoms in total. The molecule has 1 saturated heterocycles. The number of nitrogens with one attached hydrogen (secondary N) is 1. The Bertz CT molecular complexity index is 582. The van der Waals surface area contributed by atoms with Crippen molar-refractivity contribution in [1.29, 1.82) is 0 Å². The number of amides is 1. The minimum absolute atomic E-state index is 0.0269. The Kier molecular flexibility index (Phi) is 3.28. The molecule has 3 unspecified atom stereocenters. The zero-order chi connectivity index (χ0) is 14.1. The van der Waals surface area contributed by atoms with Gasteiger partial charge in [0, 0.05) is 31.4 Å². The van der Waals surface area contributed by atoms with Gasteiger partial charge in [-0.25, -0.2) is 4.98 Å². The van der Waals surface area contributed by atoms with E-state index >= 15 is 0 Å². The number of aromatic amines is 1. The number of nitrogens with zero attached hydrogens (tertiary/aromatic N) is 2. The Labute approximate surface area is 117 Å². The summed E-state index contributed by atoms with van der Waals surface area (Å²) in [6.45, 7) is 0.593. The van der Waals surface area contributed by atoms with Gasteiger partial charge >= 0.3 is 0 Å². The number of benzene rings is 1. The molecule has 1 aliphatic rings. The number of imidazole rings is 1. The molecule has 5 heteroatoms. The lowest BCUT2D eigenvalue weighted by Crippen LogP contribution is -2.27. The molecule has 1 aromatic carbocycles. The molecule has 1 aliphatic heterocycles. The van der Waals surface area contributed by atoms with Gasteiger partial charge in [0.25, 0.3) is 0 Å². The fourth-order valence-electron chi connectivity index (χ4n) is 2.90. The zero-order valence-corrected chi connectivity index (χ0v) is 11.2. The van der Waals surface area contributed by atoms with Crippen molar-refractivity contribution in [2.24, 2.45) is 5.92 Å². The van der Waals surface area contributed by atoms with Gasteiger partial charge in [-0.15, -0.1) is 0 Å². The number of carbonyl (C=O) groups excluding carboxylic acids is 1. The van der Waals surface area contributed by atoms with E-state index < -0.39 is 12.0 Å². The second kappa shape index (κ2) is 5.09. The highest BCUT2D eigenvalue weighted by Gasteiger charge is 2.44. The number of aliphatic hydroxyl groups is 1. The molecule has 3 atom stereocenters. The van der Waals surface area contributed by atoms with Crippen molar-refractivity contribution in [3.05, 3.63) is 54.1 Å². The second-order valence-corrected chi connectivity index (χ2v) is 5.21. The van der Waals surface area contributed by atoms with Gasteiger partial charge in [-0.05, 0) is 5.56 Å². The molecule has 20 heavy (non-hydrogen) atoms. The third-order valence-electron chi connectivity index (χ3n) is 3.97. The summed E-state index contributed by atoms with van der Waals surface area (Å²) >= 11 is 0. The first-order valence-electron chi connectivity index (χ1n) is 6.64. The number of carbonyl (C=O) groups is 1. The molecular weight excluding hydrogens is 254 g/mol. The van der Waals surface area contributed by atoms with Crippen LogP contribution in [0.15, 0.2) is 42.9 Å². The number of rotatable bonds is 3. The third-order valence-corrected chi connectivity index (χ3v) is 3.97. The summed E-state index contributed by atoms with van der Waals surface area (Å²) in [4.78, 5) is 21.1. The number of aromatic nitrogens is 2. The lowest BCUT2D eigenvalue weighted by molar-refractivity contribution is -0.133. The van der Waals surface area contributed by atoms with Crippen molar-refractivity contribution in [3.63, 3.8) is 0 Å². The van der Waals surface area contributed by atoms with Crippen molar-refractivity contribution in [1.82, 2.24) is 14.9 Å². The summed E-state index contributed by atoms with van der Waals surface area (Å²) in [7, 11) is 1.77. The van der Waals surface area contributed by atoms with Crippen LogP contribution in [0, 0.1) is 5.92 Å². The fourth-order valence-corrected chi connectivity index (χ4v) is 2.90. The van der Waals surface area contributed by atoms with Crippen molar-refractivity contribution in [2.45, 2.75) is 12.0 Å². The Balaban J connectivity index is 1.94. The summed E-state index contributed by atoms with van der Waals surface area (Å²) in [5.74, 6) is -0.561. The van der Waals surface area contributed by atoms with Crippen LogP contribution >= 0.6 is 0 Å². The van der Waals surface area contributed by atoms with Gasteiger partial charge in [-0.2, -0.15) is 0 Å². The number of likely N-dealkylation sites (tertiary alicyclic amines) is 1. The van der Waals surface area contributed by atoms with E-state index in [-0.39, 0.29) is 11.8 Å².